The fourth-order valence-corrected chi connectivity index (χ4v) is 3.05. The molecule has 0 unspecified atom stereocenters. The first-order valence-corrected chi connectivity index (χ1v) is 9.32. The summed E-state index contributed by atoms with van der Waals surface area (Å²) in [5.74, 6) is 2.37. The fraction of sp³-hybridized carbons (Fsp3) is 0.381. The minimum atomic E-state index is 0.744. The molecule has 0 saturated heterocycles. The summed E-state index contributed by atoms with van der Waals surface area (Å²) in [6.45, 7) is 1.64. The fourth-order valence-electron chi connectivity index (χ4n) is 2.83. The van der Waals surface area contributed by atoms with E-state index in [1.165, 1.54) is 11.1 Å². The van der Waals surface area contributed by atoms with Crippen LogP contribution in [0.2, 0.25) is 5.02 Å². The number of hydrogen-bond acceptors (Lipinski definition) is 3. The third-order valence-electron chi connectivity index (χ3n) is 4.34. The van der Waals surface area contributed by atoms with Crippen molar-refractivity contribution in [2.24, 2.45) is 4.99 Å². The molecule has 27 heavy (non-hydrogen) atoms. The first-order chi connectivity index (χ1) is 13.1. The molecule has 0 aliphatic heterocycles. The third-order valence-corrected chi connectivity index (χ3v) is 4.58. The van der Waals surface area contributed by atoms with Crippen molar-refractivity contribution < 1.29 is 9.47 Å². The van der Waals surface area contributed by atoms with Crippen molar-refractivity contribution in [2.45, 2.75) is 12.8 Å². The molecule has 0 amide bonds. The molecule has 6 heteroatoms. The second-order valence-corrected chi connectivity index (χ2v) is 6.65. The van der Waals surface area contributed by atoms with E-state index in [0.29, 0.717) is 0 Å². The van der Waals surface area contributed by atoms with Gasteiger partial charge in [0.15, 0.2) is 17.5 Å². The van der Waals surface area contributed by atoms with Gasteiger partial charge in [-0.25, -0.2) is 0 Å². The van der Waals surface area contributed by atoms with Gasteiger partial charge in [-0.1, -0.05) is 29.8 Å². The molecule has 146 valence electrons. The highest BCUT2D eigenvalue weighted by Crippen LogP contribution is 2.27. The largest absolute Gasteiger partial charge is 0.493 e. The van der Waals surface area contributed by atoms with Crippen molar-refractivity contribution in [3.05, 3.63) is 58.6 Å². The van der Waals surface area contributed by atoms with E-state index in [2.05, 4.69) is 27.3 Å². The molecular weight excluding hydrogens is 362 g/mol. The van der Waals surface area contributed by atoms with Crippen LogP contribution in [-0.4, -0.2) is 52.3 Å². The molecular formula is C21H28ClN3O2. The van der Waals surface area contributed by atoms with Crippen molar-refractivity contribution in [1.29, 1.82) is 0 Å². The molecule has 0 aliphatic rings. The SMILES string of the molecule is CN=C(NCCc1cccc(Cl)c1)N(C)CCc1ccc(OC)c(OC)c1. The lowest BCUT2D eigenvalue weighted by atomic mass is 10.1. The van der Waals surface area contributed by atoms with E-state index in [0.717, 1.165) is 48.4 Å². The van der Waals surface area contributed by atoms with Gasteiger partial charge in [-0.2, -0.15) is 0 Å². The number of nitrogens with one attached hydrogen (secondary N) is 1. The zero-order valence-corrected chi connectivity index (χ0v) is 17.2. The highest BCUT2D eigenvalue weighted by Gasteiger charge is 2.08. The lowest BCUT2D eigenvalue weighted by Gasteiger charge is -2.22. The van der Waals surface area contributed by atoms with Crippen molar-refractivity contribution in [3.63, 3.8) is 0 Å². The maximum Gasteiger partial charge on any atom is 0.193 e. The van der Waals surface area contributed by atoms with Gasteiger partial charge < -0.3 is 19.7 Å². The molecule has 0 atom stereocenters. The first kappa shape index (κ1) is 20.9. The van der Waals surface area contributed by atoms with Crippen molar-refractivity contribution >= 4 is 17.6 Å². The van der Waals surface area contributed by atoms with Gasteiger partial charge >= 0.3 is 0 Å². The minimum Gasteiger partial charge on any atom is -0.493 e. The molecule has 0 heterocycles. The standard InChI is InChI=1S/C21H28ClN3O2/c1-23-21(24-12-10-16-6-5-7-18(22)14-16)25(2)13-11-17-8-9-19(26-3)20(15-17)27-4/h5-9,14-15H,10-13H2,1-4H3,(H,23,24). The van der Waals surface area contributed by atoms with Crippen molar-refractivity contribution in [3.8, 4) is 11.5 Å². The Morgan fingerprint density at radius 3 is 2.44 bits per heavy atom. The maximum atomic E-state index is 6.03. The molecule has 2 aromatic carbocycles. The summed E-state index contributed by atoms with van der Waals surface area (Å²) in [6, 6.07) is 13.9. The number of ether oxygens (including phenoxy) is 2. The van der Waals surface area contributed by atoms with E-state index < -0.39 is 0 Å². The minimum absolute atomic E-state index is 0.744. The van der Waals surface area contributed by atoms with E-state index in [1.54, 1.807) is 21.3 Å². The van der Waals surface area contributed by atoms with Crippen LogP contribution in [0, 0.1) is 0 Å². The van der Waals surface area contributed by atoms with Crippen LogP contribution in [0.3, 0.4) is 0 Å². The van der Waals surface area contributed by atoms with Gasteiger partial charge in [-0.05, 0) is 48.2 Å². The number of rotatable bonds is 8. The molecule has 5 nitrogen and oxygen atoms in total. The molecule has 1 N–H and O–H groups in total. The van der Waals surface area contributed by atoms with Crippen molar-refractivity contribution in [2.75, 3.05) is 41.4 Å². The van der Waals surface area contributed by atoms with Gasteiger partial charge in [-0.15, -0.1) is 0 Å². The number of halogens is 1. The quantitative estimate of drug-likeness (QED) is 0.553. The van der Waals surface area contributed by atoms with Crippen molar-refractivity contribution in [1.82, 2.24) is 10.2 Å². The molecule has 0 spiro atoms. The highest BCUT2D eigenvalue weighted by molar-refractivity contribution is 6.30. The predicted octanol–water partition coefficient (Wildman–Crippen LogP) is 3.65. The van der Waals surface area contributed by atoms with E-state index in [-0.39, 0.29) is 0 Å². The van der Waals surface area contributed by atoms with Crippen LogP contribution < -0.4 is 14.8 Å². The van der Waals surface area contributed by atoms with Crippen LogP contribution in [0.15, 0.2) is 47.5 Å². The Morgan fingerprint density at radius 1 is 1.04 bits per heavy atom. The van der Waals surface area contributed by atoms with Gasteiger partial charge in [0.05, 0.1) is 14.2 Å². The highest BCUT2D eigenvalue weighted by atomic mass is 35.5. The normalized spacial score (nSPS) is 11.2. The van der Waals surface area contributed by atoms with Crippen LogP contribution in [-0.2, 0) is 12.8 Å². The van der Waals surface area contributed by atoms with Gasteiger partial charge in [0.1, 0.15) is 0 Å². The number of guanidine groups is 1. The van der Waals surface area contributed by atoms with Gasteiger partial charge in [0, 0.05) is 32.2 Å². The lowest BCUT2D eigenvalue weighted by Crippen LogP contribution is -2.40. The summed E-state index contributed by atoms with van der Waals surface area (Å²) >= 11 is 6.03. The first-order valence-electron chi connectivity index (χ1n) is 8.94. The van der Waals surface area contributed by atoms with Crippen LogP contribution in [0.25, 0.3) is 0 Å². The van der Waals surface area contributed by atoms with Crippen LogP contribution >= 0.6 is 11.6 Å². The molecule has 0 aliphatic carbocycles. The Hall–Kier alpha value is -2.40. The number of nitrogens with zero attached hydrogens (tertiary/aromatic N) is 2. The van der Waals surface area contributed by atoms with Gasteiger partial charge in [-0.3, -0.25) is 4.99 Å². The van der Waals surface area contributed by atoms with E-state index in [9.17, 15) is 0 Å². The van der Waals surface area contributed by atoms with E-state index in [1.807, 2.05) is 37.4 Å². The average Bonchev–Trinajstić information content (AvgIpc) is 2.69. The summed E-state index contributed by atoms with van der Waals surface area (Å²) in [5.41, 5.74) is 2.40. The summed E-state index contributed by atoms with van der Waals surface area (Å²) in [7, 11) is 7.13. The Balaban J connectivity index is 1.85. The molecule has 0 radical (unpaired) electrons. The molecule has 2 rings (SSSR count). The lowest BCUT2D eigenvalue weighted by molar-refractivity contribution is 0.354. The predicted molar refractivity (Wildman–Crippen MR) is 112 cm³/mol. The number of aliphatic imine (C=N–C) groups is 1. The average molecular weight is 390 g/mol. The second kappa shape index (κ2) is 10.7. The zero-order chi connectivity index (χ0) is 19.6. The number of hydrogen-bond donors (Lipinski definition) is 1. The Bertz CT molecular complexity index is 765. The smallest absolute Gasteiger partial charge is 0.193 e. The van der Waals surface area contributed by atoms with E-state index in [4.69, 9.17) is 21.1 Å². The molecule has 2 aromatic rings. The van der Waals surface area contributed by atoms with Crippen LogP contribution in [0.1, 0.15) is 11.1 Å². The van der Waals surface area contributed by atoms with Gasteiger partial charge in [0.25, 0.3) is 0 Å². The monoisotopic (exact) mass is 389 g/mol. The summed E-state index contributed by atoms with van der Waals surface area (Å²) in [4.78, 5) is 6.49. The Morgan fingerprint density at radius 2 is 1.78 bits per heavy atom. The Kier molecular flexibility index (Phi) is 8.27. The van der Waals surface area contributed by atoms with Gasteiger partial charge in [0.2, 0.25) is 0 Å². The summed E-state index contributed by atoms with van der Waals surface area (Å²) in [5, 5.41) is 4.17. The summed E-state index contributed by atoms with van der Waals surface area (Å²) in [6.07, 6.45) is 1.77. The summed E-state index contributed by atoms with van der Waals surface area (Å²) < 4.78 is 10.7. The number of benzene rings is 2. The molecule has 0 bridgehead atoms. The zero-order valence-electron chi connectivity index (χ0n) is 16.5. The molecule has 0 saturated carbocycles. The molecule has 0 fully saturated rings. The van der Waals surface area contributed by atoms with E-state index >= 15 is 0 Å². The van der Waals surface area contributed by atoms with Crippen LogP contribution in [0.4, 0.5) is 0 Å². The number of likely N-dealkylation sites (N-methyl/N-ethyl adjacent to an activating group) is 1. The second-order valence-electron chi connectivity index (χ2n) is 6.21. The maximum absolute atomic E-state index is 6.03. The third kappa shape index (κ3) is 6.36. The number of methoxy groups -OCH3 is 2. The Labute approximate surface area is 167 Å². The molecule has 0 aromatic heterocycles. The van der Waals surface area contributed by atoms with Crippen LogP contribution in [0.5, 0.6) is 11.5 Å². The topological polar surface area (TPSA) is 46.1 Å².